The fraction of sp³-hybridized carbons (Fsp3) is 0.417. The zero-order valence-corrected chi connectivity index (χ0v) is 10.6. The van der Waals surface area contributed by atoms with Crippen molar-refractivity contribution in [3.8, 4) is 0 Å². The fourth-order valence-corrected chi connectivity index (χ4v) is 2.33. The van der Waals surface area contributed by atoms with E-state index in [2.05, 4.69) is 4.98 Å². The van der Waals surface area contributed by atoms with E-state index in [-0.39, 0.29) is 12.3 Å². The number of hydrogen-bond acceptors (Lipinski definition) is 2. The van der Waals surface area contributed by atoms with Gasteiger partial charge in [-0.15, -0.1) is 4.98 Å². The molecule has 5 heteroatoms. The van der Waals surface area contributed by atoms with Crippen LogP contribution < -0.4 is 10.3 Å². The van der Waals surface area contributed by atoms with E-state index in [0.717, 1.165) is 28.1 Å². The summed E-state index contributed by atoms with van der Waals surface area (Å²) < 4.78 is 4.03. The van der Waals surface area contributed by atoms with Crippen LogP contribution in [0.4, 0.5) is 0 Å². The van der Waals surface area contributed by atoms with Gasteiger partial charge in [0.1, 0.15) is 5.69 Å². The van der Waals surface area contributed by atoms with Crippen LogP contribution in [0.15, 0.2) is 6.20 Å². The van der Waals surface area contributed by atoms with Crippen molar-refractivity contribution in [2.75, 3.05) is 0 Å². The maximum Gasteiger partial charge on any atom is 0.238 e. The molecule has 0 aromatic carbocycles. The number of rotatable bonds is 2. The molecule has 1 amide bonds. The maximum atomic E-state index is 11.1. The third-order valence-electron chi connectivity index (χ3n) is 3.09. The van der Waals surface area contributed by atoms with Crippen molar-refractivity contribution in [2.45, 2.75) is 20.3 Å². The molecule has 90 valence electrons. The molecule has 2 N–H and O–H groups in total. The molecule has 0 aliphatic rings. The second-order valence-electron chi connectivity index (χ2n) is 4.41. The largest absolute Gasteiger partial charge is 0.369 e. The van der Waals surface area contributed by atoms with Crippen LogP contribution in [0.3, 0.4) is 0 Å². The Kier molecular flexibility index (Phi) is 2.61. The van der Waals surface area contributed by atoms with E-state index in [9.17, 15) is 4.79 Å². The van der Waals surface area contributed by atoms with E-state index < -0.39 is 0 Å². The molecule has 0 aliphatic heterocycles. The molecule has 0 bridgehead atoms. The standard InChI is InChI=1S/C12H16N4O/c1-7-11-9(5-10(13)17)6-15(3)12(11)16(4)8(2)14-7/h6H,5H2,1-4H3,(H-,13,17)/p+1. The normalized spacial score (nSPS) is 11.1. The smallest absolute Gasteiger partial charge is 0.238 e. The SMILES string of the molecule is Cc1nc(C)[n+](C)c2c1c(CC(N)=O)cn2C. The summed E-state index contributed by atoms with van der Waals surface area (Å²) in [6.45, 7) is 3.92. The summed E-state index contributed by atoms with van der Waals surface area (Å²) >= 11 is 0. The van der Waals surface area contributed by atoms with Gasteiger partial charge in [-0.3, -0.25) is 9.36 Å². The van der Waals surface area contributed by atoms with Crippen LogP contribution in [0.25, 0.3) is 11.0 Å². The van der Waals surface area contributed by atoms with Gasteiger partial charge < -0.3 is 5.73 Å². The van der Waals surface area contributed by atoms with Gasteiger partial charge in [-0.25, -0.2) is 4.57 Å². The number of aromatic nitrogens is 3. The van der Waals surface area contributed by atoms with Crippen LogP contribution in [-0.2, 0) is 25.3 Å². The van der Waals surface area contributed by atoms with E-state index >= 15 is 0 Å². The average Bonchev–Trinajstić information content (AvgIpc) is 2.51. The number of carbonyl (C=O) groups excluding carboxylic acids is 1. The van der Waals surface area contributed by atoms with E-state index in [1.807, 2.05) is 43.3 Å². The van der Waals surface area contributed by atoms with E-state index in [1.165, 1.54) is 0 Å². The number of carbonyl (C=O) groups is 1. The van der Waals surface area contributed by atoms with Gasteiger partial charge in [0.15, 0.2) is 0 Å². The highest BCUT2D eigenvalue weighted by Crippen LogP contribution is 2.21. The molecule has 0 saturated carbocycles. The Bertz CT molecular complexity index is 613. The van der Waals surface area contributed by atoms with Crippen molar-refractivity contribution in [3.05, 3.63) is 23.3 Å². The molecule has 0 radical (unpaired) electrons. The summed E-state index contributed by atoms with van der Waals surface area (Å²) in [7, 11) is 3.93. The van der Waals surface area contributed by atoms with Crippen LogP contribution >= 0.6 is 0 Å². The predicted octanol–water partition coefficient (Wildman–Crippen LogP) is 0.0424. The summed E-state index contributed by atoms with van der Waals surface area (Å²) in [6.07, 6.45) is 2.20. The Morgan fingerprint density at radius 3 is 2.76 bits per heavy atom. The van der Waals surface area contributed by atoms with Crippen molar-refractivity contribution in [1.82, 2.24) is 9.55 Å². The van der Waals surface area contributed by atoms with Gasteiger partial charge in [0.05, 0.1) is 32.1 Å². The summed E-state index contributed by atoms with van der Waals surface area (Å²) in [4.78, 5) is 15.6. The van der Waals surface area contributed by atoms with Gasteiger partial charge in [0.2, 0.25) is 17.4 Å². The van der Waals surface area contributed by atoms with Crippen molar-refractivity contribution in [3.63, 3.8) is 0 Å². The highest BCUT2D eigenvalue weighted by atomic mass is 16.1. The molecule has 17 heavy (non-hydrogen) atoms. The van der Waals surface area contributed by atoms with Crippen LogP contribution in [0, 0.1) is 13.8 Å². The molecule has 0 aliphatic carbocycles. The molecule has 5 nitrogen and oxygen atoms in total. The van der Waals surface area contributed by atoms with Crippen LogP contribution in [-0.4, -0.2) is 15.5 Å². The molecular weight excluding hydrogens is 216 g/mol. The third-order valence-corrected chi connectivity index (χ3v) is 3.09. The lowest BCUT2D eigenvalue weighted by molar-refractivity contribution is -0.657. The second-order valence-corrected chi connectivity index (χ2v) is 4.41. The van der Waals surface area contributed by atoms with Crippen LogP contribution in [0.5, 0.6) is 0 Å². The number of primary amides is 1. The molecule has 0 fully saturated rings. The number of nitrogens with two attached hydrogens (primary N) is 1. The molecule has 2 heterocycles. The zero-order valence-electron chi connectivity index (χ0n) is 10.6. The number of nitrogens with zero attached hydrogens (tertiary/aromatic N) is 3. The number of aryl methyl sites for hydroxylation is 4. The van der Waals surface area contributed by atoms with Crippen molar-refractivity contribution < 1.29 is 9.36 Å². The minimum absolute atomic E-state index is 0.253. The van der Waals surface area contributed by atoms with Crippen molar-refractivity contribution >= 4 is 16.9 Å². The first-order valence-electron chi connectivity index (χ1n) is 5.51. The van der Waals surface area contributed by atoms with Gasteiger partial charge >= 0.3 is 0 Å². The molecule has 2 aromatic heterocycles. The molecule has 0 spiro atoms. The van der Waals surface area contributed by atoms with Gasteiger partial charge in [0.25, 0.3) is 0 Å². The monoisotopic (exact) mass is 233 g/mol. The molecule has 0 saturated heterocycles. The topological polar surface area (TPSA) is 64.8 Å². The van der Waals surface area contributed by atoms with Gasteiger partial charge in [-0.2, -0.15) is 0 Å². The number of amides is 1. The van der Waals surface area contributed by atoms with E-state index in [0.29, 0.717) is 0 Å². The molecule has 2 aromatic rings. The first-order chi connectivity index (χ1) is 7.91. The molecule has 2 rings (SSSR count). The highest BCUT2D eigenvalue weighted by Gasteiger charge is 2.20. The minimum Gasteiger partial charge on any atom is -0.369 e. The Morgan fingerprint density at radius 2 is 2.18 bits per heavy atom. The van der Waals surface area contributed by atoms with E-state index in [4.69, 9.17) is 5.73 Å². The lowest BCUT2D eigenvalue weighted by Crippen LogP contribution is -2.36. The Labute approximate surface area is 99.9 Å². The zero-order chi connectivity index (χ0) is 12.7. The van der Waals surface area contributed by atoms with Crippen LogP contribution in [0.1, 0.15) is 17.1 Å². The Hall–Kier alpha value is -1.91. The van der Waals surface area contributed by atoms with Gasteiger partial charge in [-0.05, 0) is 6.92 Å². The summed E-state index contributed by atoms with van der Waals surface area (Å²) in [5.74, 6) is 0.627. The summed E-state index contributed by atoms with van der Waals surface area (Å²) in [5, 5.41) is 1.03. The van der Waals surface area contributed by atoms with Gasteiger partial charge in [0, 0.05) is 12.5 Å². The molecule has 0 unspecified atom stereocenters. The van der Waals surface area contributed by atoms with Gasteiger partial charge in [-0.1, -0.05) is 0 Å². The summed E-state index contributed by atoms with van der Waals surface area (Å²) in [6, 6.07) is 0. The van der Waals surface area contributed by atoms with Crippen LogP contribution in [0.2, 0.25) is 0 Å². The predicted molar refractivity (Wildman–Crippen MR) is 64.3 cm³/mol. The quantitative estimate of drug-likeness (QED) is 0.744. The Balaban J connectivity index is 2.82. The maximum absolute atomic E-state index is 11.1. The average molecular weight is 233 g/mol. The third kappa shape index (κ3) is 1.77. The molecule has 0 atom stereocenters. The fourth-order valence-electron chi connectivity index (χ4n) is 2.33. The van der Waals surface area contributed by atoms with E-state index in [1.54, 1.807) is 0 Å². The second kappa shape index (κ2) is 3.84. The van der Waals surface area contributed by atoms with Crippen molar-refractivity contribution in [1.29, 1.82) is 0 Å². The highest BCUT2D eigenvalue weighted by molar-refractivity contribution is 5.87. The minimum atomic E-state index is -0.319. The Morgan fingerprint density at radius 1 is 1.53 bits per heavy atom. The first kappa shape index (κ1) is 11.6. The lowest BCUT2D eigenvalue weighted by atomic mass is 10.1. The van der Waals surface area contributed by atoms with Crippen molar-refractivity contribution in [2.24, 2.45) is 19.8 Å². The first-order valence-corrected chi connectivity index (χ1v) is 5.51. The summed E-state index contributed by atoms with van der Waals surface area (Å²) in [5.41, 5.74) is 8.21. The molecular formula is C12H17N4O+. The lowest BCUT2D eigenvalue weighted by Gasteiger charge is -2.02. The number of hydrogen-bond donors (Lipinski definition) is 1. The number of fused-ring (bicyclic) bond motifs is 1.